The van der Waals surface area contributed by atoms with Crippen LogP contribution in [0.3, 0.4) is 0 Å². The Labute approximate surface area is 139 Å². The molecule has 0 aliphatic heterocycles. The number of hydrogen-bond acceptors (Lipinski definition) is 2. The Morgan fingerprint density at radius 3 is 2.25 bits per heavy atom. The lowest BCUT2D eigenvalue weighted by Crippen LogP contribution is -2.20. The summed E-state index contributed by atoms with van der Waals surface area (Å²) in [6.45, 7) is 1.95. The van der Waals surface area contributed by atoms with E-state index in [1.807, 2.05) is 49.4 Å². The Morgan fingerprint density at radius 1 is 0.917 bits per heavy atom. The standard InChI is InChI=1S/C20H17NO3/c1-12(14-9-4-7-13-6-2-3-8-16(13)14)15-10-5-11-17(20(23)24)18(15)19(21)22/h2-12H,1H3,(H2,21,22)(H,23,24)/t12-/m1/s1. The van der Waals surface area contributed by atoms with E-state index in [4.69, 9.17) is 5.73 Å². The van der Waals surface area contributed by atoms with Gasteiger partial charge < -0.3 is 10.8 Å². The number of carbonyl (C=O) groups excluding carboxylic acids is 1. The van der Waals surface area contributed by atoms with Crippen molar-refractivity contribution in [2.75, 3.05) is 0 Å². The summed E-state index contributed by atoms with van der Waals surface area (Å²) in [6.07, 6.45) is 0. The van der Waals surface area contributed by atoms with Gasteiger partial charge in [-0.3, -0.25) is 4.79 Å². The molecule has 4 heteroatoms. The van der Waals surface area contributed by atoms with Crippen molar-refractivity contribution < 1.29 is 14.7 Å². The van der Waals surface area contributed by atoms with E-state index < -0.39 is 11.9 Å². The van der Waals surface area contributed by atoms with Gasteiger partial charge in [0.25, 0.3) is 0 Å². The van der Waals surface area contributed by atoms with Crippen molar-refractivity contribution >= 4 is 22.6 Å². The number of amides is 1. The average molecular weight is 319 g/mol. The predicted molar refractivity (Wildman–Crippen MR) is 93.4 cm³/mol. The SMILES string of the molecule is C[C@@H](c1cccc(C(=O)O)c1C(N)=O)c1cccc2ccccc12. The molecule has 0 aliphatic carbocycles. The molecule has 120 valence electrons. The first-order chi connectivity index (χ1) is 11.5. The summed E-state index contributed by atoms with van der Waals surface area (Å²) < 4.78 is 0. The third-order valence-corrected chi connectivity index (χ3v) is 4.33. The van der Waals surface area contributed by atoms with Crippen molar-refractivity contribution in [3.63, 3.8) is 0 Å². The van der Waals surface area contributed by atoms with Crippen LogP contribution in [0.4, 0.5) is 0 Å². The highest BCUT2D eigenvalue weighted by atomic mass is 16.4. The van der Waals surface area contributed by atoms with E-state index in [2.05, 4.69) is 0 Å². The second-order valence-corrected chi connectivity index (χ2v) is 5.73. The van der Waals surface area contributed by atoms with Crippen molar-refractivity contribution in [1.82, 2.24) is 0 Å². The number of rotatable bonds is 4. The number of primary amides is 1. The van der Waals surface area contributed by atoms with E-state index >= 15 is 0 Å². The number of carboxylic acid groups (broad SMARTS) is 1. The molecule has 0 saturated heterocycles. The molecule has 3 rings (SSSR count). The lowest BCUT2D eigenvalue weighted by atomic mass is 9.85. The van der Waals surface area contributed by atoms with Gasteiger partial charge in [-0.25, -0.2) is 4.79 Å². The largest absolute Gasteiger partial charge is 0.478 e. The van der Waals surface area contributed by atoms with Gasteiger partial charge in [0.2, 0.25) is 5.91 Å². The summed E-state index contributed by atoms with van der Waals surface area (Å²) in [6, 6.07) is 18.8. The summed E-state index contributed by atoms with van der Waals surface area (Å²) in [4.78, 5) is 23.3. The fourth-order valence-corrected chi connectivity index (χ4v) is 3.18. The molecule has 1 amide bonds. The summed E-state index contributed by atoms with van der Waals surface area (Å²) >= 11 is 0. The number of carboxylic acids is 1. The van der Waals surface area contributed by atoms with E-state index in [0.29, 0.717) is 5.56 Å². The first-order valence-electron chi connectivity index (χ1n) is 7.64. The highest BCUT2D eigenvalue weighted by molar-refractivity contribution is 6.05. The number of nitrogens with two attached hydrogens (primary N) is 1. The molecule has 0 aromatic heterocycles. The number of hydrogen-bond donors (Lipinski definition) is 2. The molecule has 1 atom stereocenters. The summed E-state index contributed by atoms with van der Waals surface area (Å²) in [7, 11) is 0. The molecule has 24 heavy (non-hydrogen) atoms. The zero-order valence-corrected chi connectivity index (χ0v) is 13.2. The summed E-state index contributed by atoms with van der Waals surface area (Å²) in [5.41, 5.74) is 7.14. The Kier molecular flexibility index (Phi) is 4.04. The zero-order valence-electron chi connectivity index (χ0n) is 13.2. The number of aromatic carboxylic acids is 1. The van der Waals surface area contributed by atoms with E-state index in [9.17, 15) is 14.7 Å². The smallest absolute Gasteiger partial charge is 0.336 e. The third kappa shape index (κ3) is 2.63. The highest BCUT2D eigenvalue weighted by Gasteiger charge is 2.23. The maximum Gasteiger partial charge on any atom is 0.336 e. The molecule has 0 aliphatic rings. The van der Waals surface area contributed by atoms with Crippen LogP contribution in [0.2, 0.25) is 0 Å². The van der Waals surface area contributed by atoms with E-state index in [1.165, 1.54) is 6.07 Å². The number of benzene rings is 3. The molecule has 0 heterocycles. The molecule has 0 radical (unpaired) electrons. The van der Waals surface area contributed by atoms with Crippen LogP contribution in [-0.4, -0.2) is 17.0 Å². The van der Waals surface area contributed by atoms with Crippen LogP contribution in [0.1, 0.15) is 44.7 Å². The van der Waals surface area contributed by atoms with Crippen molar-refractivity contribution in [3.8, 4) is 0 Å². The minimum atomic E-state index is -1.16. The topological polar surface area (TPSA) is 80.4 Å². The Bertz CT molecular complexity index is 941. The molecule has 3 aromatic carbocycles. The van der Waals surface area contributed by atoms with E-state index in [0.717, 1.165) is 16.3 Å². The molecule has 3 aromatic rings. The third-order valence-electron chi connectivity index (χ3n) is 4.33. The molecule has 0 saturated carbocycles. The fraction of sp³-hybridized carbons (Fsp3) is 0.100. The van der Waals surface area contributed by atoms with Crippen molar-refractivity contribution in [2.45, 2.75) is 12.8 Å². The fourth-order valence-electron chi connectivity index (χ4n) is 3.18. The predicted octanol–water partition coefficient (Wildman–Crippen LogP) is 3.79. The van der Waals surface area contributed by atoms with Crippen LogP contribution in [-0.2, 0) is 0 Å². The van der Waals surface area contributed by atoms with E-state index in [-0.39, 0.29) is 17.0 Å². The van der Waals surface area contributed by atoms with Crippen LogP contribution in [0.25, 0.3) is 10.8 Å². The molecule has 0 unspecified atom stereocenters. The van der Waals surface area contributed by atoms with Crippen LogP contribution < -0.4 is 5.73 Å². The van der Waals surface area contributed by atoms with Crippen LogP contribution in [0.5, 0.6) is 0 Å². The first-order valence-corrected chi connectivity index (χ1v) is 7.64. The Morgan fingerprint density at radius 2 is 1.54 bits per heavy atom. The lowest BCUT2D eigenvalue weighted by Gasteiger charge is -2.19. The minimum Gasteiger partial charge on any atom is -0.478 e. The van der Waals surface area contributed by atoms with Crippen molar-refractivity contribution in [2.24, 2.45) is 5.73 Å². The molecule has 4 nitrogen and oxygen atoms in total. The molecular formula is C20H17NO3. The van der Waals surface area contributed by atoms with Gasteiger partial charge in [0.05, 0.1) is 11.1 Å². The van der Waals surface area contributed by atoms with Gasteiger partial charge in [0.15, 0.2) is 0 Å². The van der Waals surface area contributed by atoms with Gasteiger partial charge >= 0.3 is 5.97 Å². The Hall–Kier alpha value is -3.14. The molecule has 0 fully saturated rings. The summed E-state index contributed by atoms with van der Waals surface area (Å²) in [5.74, 6) is -2.05. The average Bonchev–Trinajstić information content (AvgIpc) is 2.59. The maximum atomic E-state index is 11.9. The normalized spacial score (nSPS) is 12.0. The van der Waals surface area contributed by atoms with Gasteiger partial charge in [-0.15, -0.1) is 0 Å². The summed E-state index contributed by atoms with van der Waals surface area (Å²) in [5, 5.41) is 11.5. The first kappa shape index (κ1) is 15.7. The molecular weight excluding hydrogens is 302 g/mol. The number of carbonyl (C=O) groups is 2. The second-order valence-electron chi connectivity index (χ2n) is 5.73. The van der Waals surface area contributed by atoms with Gasteiger partial charge in [-0.2, -0.15) is 0 Å². The van der Waals surface area contributed by atoms with Gasteiger partial charge in [-0.05, 0) is 28.0 Å². The monoisotopic (exact) mass is 319 g/mol. The van der Waals surface area contributed by atoms with Gasteiger partial charge in [0.1, 0.15) is 0 Å². The van der Waals surface area contributed by atoms with E-state index in [1.54, 1.807) is 12.1 Å². The van der Waals surface area contributed by atoms with Crippen molar-refractivity contribution in [1.29, 1.82) is 0 Å². The van der Waals surface area contributed by atoms with Gasteiger partial charge in [0, 0.05) is 5.92 Å². The second kappa shape index (κ2) is 6.16. The molecule has 0 bridgehead atoms. The minimum absolute atomic E-state index is 0.0629. The quantitative estimate of drug-likeness (QED) is 0.767. The van der Waals surface area contributed by atoms with Crippen LogP contribution in [0, 0.1) is 0 Å². The molecule has 3 N–H and O–H groups in total. The van der Waals surface area contributed by atoms with Gasteiger partial charge in [-0.1, -0.05) is 61.5 Å². The Balaban J connectivity index is 2.23. The number of fused-ring (bicyclic) bond motifs is 1. The molecule has 0 spiro atoms. The zero-order chi connectivity index (χ0) is 17.3. The maximum absolute atomic E-state index is 11.9. The van der Waals surface area contributed by atoms with Crippen LogP contribution >= 0.6 is 0 Å². The lowest BCUT2D eigenvalue weighted by molar-refractivity contribution is 0.0692. The highest BCUT2D eigenvalue weighted by Crippen LogP contribution is 2.33. The van der Waals surface area contributed by atoms with Crippen LogP contribution in [0.15, 0.2) is 60.7 Å². The van der Waals surface area contributed by atoms with Crippen molar-refractivity contribution in [3.05, 3.63) is 82.9 Å².